The number of carbonyl (C=O) groups is 2. The van der Waals surface area contributed by atoms with Crippen molar-refractivity contribution in [3.63, 3.8) is 0 Å². The van der Waals surface area contributed by atoms with Gasteiger partial charge in [0.25, 0.3) is 6.10 Å². The molecule has 4 aliphatic rings. The normalized spacial score (nSPS) is 22.8. The number of carboxylic acids is 1. The predicted molar refractivity (Wildman–Crippen MR) is 149 cm³/mol. The van der Waals surface area contributed by atoms with Crippen LogP contribution in [0.15, 0.2) is 18.2 Å². The fourth-order valence-corrected chi connectivity index (χ4v) is 7.70. The maximum Gasteiger partial charge on any atom is 0.434 e. The summed E-state index contributed by atoms with van der Waals surface area (Å²) in [6.45, 7) is 6.98. The second-order valence-corrected chi connectivity index (χ2v) is 13.1. The standard InChI is InChI=1S/C30H40F6N4O4/c1-21-3-4-22(23(17-21)38-13-7-27(8-14-38)6-12-37(20-27)19-24(41)42)18-40-11-2-5-28(40)9-15-39(16-10-28)26(43)44-25(29(31,32)33)30(34,35)36/h3-4,17,25H,2,5-16,18-20H2,1H3,(H,41,42). The Morgan fingerprint density at radius 1 is 0.909 bits per heavy atom. The number of carboxylic acid groups (broad SMARTS) is 1. The van der Waals surface area contributed by atoms with E-state index in [4.69, 9.17) is 0 Å². The number of hydrogen-bond donors (Lipinski definition) is 1. The number of aliphatic carboxylic acids is 1. The molecule has 14 heteroatoms. The quantitative estimate of drug-likeness (QED) is 0.419. The van der Waals surface area contributed by atoms with E-state index >= 15 is 0 Å². The second kappa shape index (κ2) is 12.2. The zero-order chi connectivity index (χ0) is 31.9. The molecule has 0 aliphatic carbocycles. The van der Waals surface area contributed by atoms with Crippen LogP contribution in [0.4, 0.5) is 36.8 Å². The van der Waals surface area contributed by atoms with Crippen LogP contribution in [0, 0.1) is 12.3 Å². The molecule has 4 heterocycles. The molecule has 0 bridgehead atoms. The lowest BCUT2D eigenvalue weighted by atomic mass is 9.77. The summed E-state index contributed by atoms with van der Waals surface area (Å²) in [6, 6.07) is 6.40. The van der Waals surface area contributed by atoms with E-state index in [-0.39, 0.29) is 30.6 Å². The maximum atomic E-state index is 12.9. The molecule has 246 valence electrons. The summed E-state index contributed by atoms with van der Waals surface area (Å²) in [5.74, 6) is -0.800. The lowest BCUT2D eigenvalue weighted by molar-refractivity contribution is -0.308. The summed E-state index contributed by atoms with van der Waals surface area (Å²) >= 11 is 0. The fraction of sp³-hybridized carbons (Fsp3) is 0.733. The lowest BCUT2D eigenvalue weighted by Gasteiger charge is -2.45. The Morgan fingerprint density at radius 3 is 2.16 bits per heavy atom. The Bertz CT molecular complexity index is 1190. The van der Waals surface area contributed by atoms with Crippen molar-refractivity contribution in [2.24, 2.45) is 5.41 Å². The molecule has 44 heavy (non-hydrogen) atoms. The third-order valence-electron chi connectivity index (χ3n) is 10.1. The van der Waals surface area contributed by atoms with Crippen LogP contribution in [-0.2, 0) is 16.1 Å². The number of hydrogen-bond acceptors (Lipinski definition) is 6. The van der Waals surface area contributed by atoms with Crippen LogP contribution in [-0.4, -0.2) is 108 Å². The van der Waals surface area contributed by atoms with Gasteiger partial charge in [-0.05, 0) is 87.6 Å². The number of rotatable bonds is 6. The molecule has 4 fully saturated rings. The van der Waals surface area contributed by atoms with Gasteiger partial charge in [0.1, 0.15) is 0 Å². The molecule has 1 aromatic rings. The number of nitrogens with zero attached hydrogens (tertiary/aromatic N) is 4. The minimum absolute atomic E-state index is 0.0195. The average molecular weight is 635 g/mol. The van der Waals surface area contributed by atoms with Gasteiger partial charge in [0, 0.05) is 50.5 Å². The number of aryl methyl sites for hydroxylation is 1. The summed E-state index contributed by atoms with van der Waals surface area (Å²) < 4.78 is 81.5. The zero-order valence-electron chi connectivity index (χ0n) is 24.9. The Labute approximate surface area is 252 Å². The number of benzene rings is 1. The first kappa shape index (κ1) is 32.6. The minimum atomic E-state index is -5.74. The fourth-order valence-electron chi connectivity index (χ4n) is 7.70. The van der Waals surface area contributed by atoms with E-state index in [1.54, 1.807) is 0 Å². The van der Waals surface area contributed by atoms with Crippen molar-refractivity contribution in [3.8, 4) is 0 Å². The third-order valence-corrected chi connectivity index (χ3v) is 10.1. The maximum absolute atomic E-state index is 12.9. The molecule has 5 rings (SSSR count). The highest BCUT2D eigenvalue weighted by Gasteiger charge is 2.60. The van der Waals surface area contributed by atoms with E-state index in [1.807, 2.05) is 11.8 Å². The Morgan fingerprint density at radius 2 is 1.55 bits per heavy atom. The molecular formula is C30H40F6N4O4. The Balaban J connectivity index is 1.22. The highest BCUT2D eigenvalue weighted by molar-refractivity contribution is 5.69. The largest absolute Gasteiger partial charge is 0.480 e. The van der Waals surface area contributed by atoms with Crippen LogP contribution in [0.2, 0.25) is 0 Å². The second-order valence-electron chi connectivity index (χ2n) is 13.1. The summed E-state index contributed by atoms with van der Waals surface area (Å²) in [7, 11) is 0. The third kappa shape index (κ3) is 7.05. The number of piperidine rings is 2. The van der Waals surface area contributed by atoms with Gasteiger partial charge >= 0.3 is 24.4 Å². The van der Waals surface area contributed by atoms with Crippen molar-refractivity contribution in [3.05, 3.63) is 29.3 Å². The van der Waals surface area contributed by atoms with Gasteiger partial charge < -0.3 is 19.6 Å². The van der Waals surface area contributed by atoms with Gasteiger partial charge in [-0.2, -0.15) is 26.3 Å². The highest BCUT2D eigenvalue weighted by Crippen LogP contribution is 2.44. The molecule has 0 radical (unpaired) electrons. The lowest BCUT2D eigenvalue weighted by Crippen LogP contribution is -2.54. The number of likely N-dealkylation sites (tertiary alicyclic amines) is 3. The van der Waals surface area contributed by atoms with E-state index in [1.165, 1.54) is 0 Å². The number of alkyl halides is 6. The molecule has 1 amide bonds. The number of amides is 1. The van der Waals surface area contributed by atoms with Crippen LogP contribution in [0.25, 0.3) is 0 Å². The summed E-state index contributed by atoms with van der Waals surface area (Å²) in [4.78, 5) is 31.3. The number of ether oxygens (including phenoxy) is 1. The first-order valence-electron chi connectivity index (χ1n) is 15.2. The van der Waals surface area contributed by atoms with E-state index < -0.39 is 30.5 Å². The molecule has 4 saturated heterocycles. The van der Waals surface area contributed by atoms with Crippen LogP contribution >= 0.6 is 0 Å². The van der Waals surface area contributed by atoms with Gasteiger partial charge in [-0.3, -0.25) is 14.6 Å². The van der Waals surface area contributed by atoms with Crippen molar-refractivity contribution in [1.29, 1.82) is 0 Å². The van der Waals surface area contributed by atoms with Gasteiger partial charge in [0.15, 0.2) is 0 Å². The van der Waals surface area contributed by atoms with Gasteiger partial charge in [0.2, 0.25) is 0 Å². The highest BCUT2D eigenvalue weighted by atomic mass is 19.4. The molecule has 0 saturated carbocycles. The molecule has 0 unspecified atom stereocenters. The van der Waals surface area contributed by atoms with Crippen molar-refractivity contribution in [1.82, 2.24) is 14.7 Å². The number of halogens is 6. The Hall–Kier alpha value is -2.74. The molecule has 4 aliphatic heterocycles. The van der Waals surface area contributed by atoms with Crippen molar-refractivity contribution in [2.75, 3.05) is 57.3 Å². The Kier molecular flexibility index (Phi) is 9.07. The molecule has 8 nitrogen and oxygen atoms in total. The molecular weight excluding hydrogens is 594 g/mol. The summed E-state index contributed by atoms with van der Waals surface area (Å²) in [5, 5.41) is 9.19. The van der Waals surface area contributed by atoms with Crippen molar-refractivity contribution >= 4 is 17.7 Å². The van der Waals surface area contributed by atoms with E-state index in [0.29, 0.717) is 19.4 Å². The first-order valence-corrected chi connectivity index (χ1v) is 15.2. The van der Waals surface area contributed by atoms with Crippen molar-refractivity contribution in [2.45, 2.75) is 82.4 Å². The monoisotopic (exact) mass is 634 g/mol. The van der Waals surface area contributed by atoms with Crippen LogP contribution < -0.4 is 4.90 Å². The number of anilines is 1. The molecule has 0 atom stereocenters. The topological polar surface area (TPSA) is 76.6 Å². The van der Waals surface area contributed by atoms with E-state index in [9.17, 15) is 41.0 Å². The minimum Gasteiger partial charge on any atom is -0.480 e. The van der Waals surface area contributed by atoms with Gasteiger partial charge in [0.05, 0.1) is 6.54 Å². The van der Waals surface area contributed by atoms with E-state index in [2.05, 4.69) is 32.7 Å². The smallest absolute Gasteiger partial charge is 0.434 e. The van der Waals surface area contributed by atoms with Gasteiger partial charge in [-0.1, -0.05) is 12.1 Å². The van der Waals surface area contributed by atoms with Crippen LogP contribution in [0.3, 0.4) is 0 Å². The van der Waals surface area contributed by atoms with Gasteiger partial charge in [-0.25, -0.2) is 4.79 Å². The molecule has 1 aromatic carbocycles. The molecule has 2 spiro atoms. The van der Waals surface area contributed by atoms with E-state index in [0.717, 1.165) is 86.5 Å². The number of carbonyl (C=O) groups excluding carboxylic acids is 1. The molecule has 0 aromatic heterocycles. The average Bonchev–Trinajstić information content (AvgIpc) is 3.50. The van der Waals surface area contributed by atoms with Crippen LogP contribution in [0.1, 0.15) is 56.1 Å². The predicted octanol–water partition coefficient (Wildman–Crippen LogP) is 5.43. The van der Waals surface area contributed by atoms with Crippen molar-refractivity contribution < 1.29 is 45.8 Å². The van der Waals surface area contributed by atoms with Gasteiger partial charge in [-0.15, -0.1) is 0 Å². The summed E-state index contributed by atoms with van der Waals surface area (Å²) in [5.41, 5.74) is 3.30. The molecule has 1 N–H and O–H groups in total. The summed E-state index contributed by atoms with van der Waals surface area (Å²) in [6.07, 6.45) is -11.6. The zero-order valence-corrected chi connectivity index (χ0v) is 24.9. The SMILES string of the molecule is Cc1ccc(CN2CCCC23CCN(C(=O)OC(C(F)(F)F)C(F)(F)F)CC3)c(N2CCC3(CCN(CC(=O)O)C3)CC2)c1. The van der Waals surface area contributed by atoms with Crippen LogP contribution in [0.5, 0.6) is 0 Å². The first-order chi connectivity index (χ1) is 20.6.